The van der Waals surface area contributed by atoms with Crippen LogP contribution >= 0.6 is 0 Å². The molecular formula is C21H17FN2O4. The fourth-order valence-corrected chi connectivity index (χ4v) is 3.30. The number of carbonyl (C=O) groups excluding carboxylic acids is 2. The van der Waals surface area contributed by atoms with Crippen molar-refractivity contribution in [1.29, 1.82) is 0 Å². The number of amides is 2. The van der Waals surface area contributed by atoms with Gasteiger partial charge in [-0.1, -0.05) is 12.1 Å². The highest BCUT2D eigenvalue weighted by atomic mass is 19.1. The quantitative estimate of drug-likeness (QED) is 0.695. The summed E-state index contributed by atoms with van der Waals surface area (Å²) in [6, 6.07) is 14.9. The molecule has 2 heterocycles. The summed E-state index contributed by atoms with van der Waals surface area (Å²) in [7, 11) is 1.54. The van der Waals surface area contributed by atoms with Crippen molar-refractivity contribution in [2.75, 3.05) is 23.5 Å². The van der Waals surface area contributed by atoms with Crippen LogP contribution in [0.5, 0.6) is 5.75 Å². The number of methoxy groups -OCH3 is 1. The van der Waals surface area contributed by atoms with Gasteiger partial charge in [-0.2, -0.15) is 0 Å². The van der Waals surface area contributed by atoms with Crippen LogP contribution in [0.15, 0.2) is 71.3 Å². The van der Waals surface area contributed by atoms with Crippen LogP contribution in [-0.4, -0.2) is 25.5 Å². The number of benzene rings is 2. The van der Waals surface area contributed by atoms with E-state index in [2.05, 4.69) is 0 Å². The van der Waals surface area contributed by atoms with E-state index >= 15 is 0 Å². The molecule has 2 amide bonds. The van der Waals surface area contributed by atoms with Crippen LogP contribution in [0.1, 0.15) is 11.8 Å². The molecule has 1 atom stereocenters. The Morgan fingerprint density at radius 3 is 2.43 bits per heavy atom. The number of para-hydroxylation sites is 1. The number of anilines is 2. The molecule has 28 heavy (non-hydrogen) atoms. The summed E-state index contributed by atoms with van der Waals surface area (Å²) in [5.41, 5.74) is 0.584. The van der Waals surface area contributed by atoms with E-state index in [9.17, 15) is 14.0 Å². The van der Waals surface area contributed by atoms with Crippen LogP contribution in [0.4, 0.5) is 15.8 Å². The van der Waals surface area contributed by atoms with Gasteiger partial charge in [0.25, 0.3) is 5.91 Å². The molecule has 0 saturated carbocycles. The summed E-state index contributed by atoms with van der Waals surface area (Å²) in [5, 5.41) is 0. The lowest BCUT2D eigenvalue weighted by Gasteiger charge is -2.39. The van der Waals surface area contributed by atoms with Crippen molar-refractivity contribution < 1.29 is 23.1 Å². The molecule has 1 fully saturated rings. The van der Waals surface area contributed by atoms with Gasteiger partial charge in [-0.3, -0.25) is 19.4 Å². The zero-order chi connectivity index (χ0) is 19.7. The highest BCUT2D eigenvalue weighted by molar-refractivity contribution is 6.14. The van der Waals surface area contributed by atoms with E-state index in [0.29, 0.717) is 17.2 Å². The van der Waals surface area contributed by atoms with Crippen molar-refractivity contribution in [2.45, 2.75) is 6.04 Å². The number of rotatable bonds is 4. The maximum absolute atomic E-state index is 14.3. The predicted molar refractivity (Wildman–Crippen MR) is 101 cm³/mol. The highest BCUT2D eigenvalue weighted by Gasteiger charge is 2.43. The van der Waals surface area contributed by atoms with Crippen LogP contribution in [0, 0.1) is 5.82 Å². The van der Waals surface area contributed by atoms with Gasteiger partial charge in [-0.05, 0) is 48.5 Å². The first-order valence-electron chi connectivity index (χ1n) is 8.65. The molecule has 1 aromatic heterocycles. The van der Waals surface area contributed by atoms with E-state index in [0.717, 1.165) is 4.90 Å². The summed E-state index contributed by atoms with van der Waals surface area (Å²) in [6.07, 6.45) is 1.43. The molecule has 2 aromatic carbocycles. The van der Waals surface area contributed by atoms with Gasteiger partial charge in [-0.25, -0.2) is 4.39 Å². The third-order valence-corrected chi connectivity index (χ3v) is 4.63. The van der Waals surface area contributed by atoms with Gasteiger partial charge in [0.05, 0.1) is 19.1 Å². The lowest BCUT2D eigenvalue weighted by molar-refractivity contribution is -0.129. The zero-order valence-electron chi connectivity index (χ0n) is 15.0. The second-order valence-corrected chi connectivity index (χ2v) is 6.26. The number of ether oxygens (including phenoxy) is 1. The van der Waals surface area contributed by atoms with Gasteiger partial charge in [-0.15, -0.1) is 0 Å². The molecule has 1 aliphatic rings. The molecule has 0 spiro atoms. The smallest absolute Gasteiger partial charge is 0.258 e. The molecule has 1 saturated heterocycles. The summed E-state index contributed by atoms with van der Waals surface area (Å²) in [6.45, 7) is -0.275. The summed E-state index contributed by atoms with van der Waals surface area (Å²) >= 11 is 0. The number of halogens is 1. The van der Waals surface area contributed by atoms with Crippen LogP contribution in [0.3, 0.4) is 0 Å². The minimum Gasteiger partial charge on any atom is -0.497 e. The standard InChI is InChI=1S/C21H17FN2O4/c1-27-15-10-8-14(9-11-15)24-19(25)13-23(17-6-3-2-5-16(17)22)21(26)20(24)18-7-4-12-28-18/h2-12,20H,13H2,1H3/t20-/m0/s1. The normalized spacial score (nSPS) is 17.1. The number of carbonyl (C=O) groups is 2. The number of nitrogens with zero attached hydrogens (tertiary/aromatic N) is 2. The molecule has 7 heteroatoms. The predicted octanol–water partition coefficient (Wildman–Crippen LogP) is 3.55. The monoisotopic (exact) mass is 380 g/mol. The average molecular weight is 380 g/mol. The van der Waals surface area contributed by atoms with Crippen LogP contribution in [0.2, 0.25) is 0 Å². The number of piperazine rings is 1. The average Bonchev–Trinajstić information content (AvgIpc) is 3.24. The largest absolute Gasteiger partial charge is 0.497 e. The second-order valence-electron chi connectivity index (χ2n) is 6.26. The van der Waals surface area contributed by atoms with E-state index in [1.807, 2.05) is 0 Å². The Balaban J connectivity index is 1.78. The van der Waals surface area contributed by atoms with Crippen molar-refractivity contribution in [2.24, 2.45) is 0 Å². The van der Waals surface area contributed by atoms with Crippen molar-refractivity contribution in [3.8, 4) is 5.75 Å². The fourth-order valence-electron chi connectivity index (χ4n) is 3.30. The Kier molecular flexibility index (Phi) is 4.57. The van der Waals surface area contributed by atoms with Gasteiger partial charge in [0.15, 0.2) is 6.04 Å². The SMILES string of the molecule is COc1ccc(N2C(=O)CN(c3ccccc3F)C(=O)[C@@H]2c2ccco2)cc1. The molecule has 142 valence electrons. The maximum atomic E-state index is 14.3. The molecule has 0 bridgehead atoms. The van der Waals surface area contributed by atoms with E-state index in [-0.39, 0.29) is 18.1 Å². The summed E-state index contributed by atoms with van der Waals surface area (Å²) in [4.78, 5) is 28.9. The minimum atomic E-state index is -1.04. The third-order valence-electron chi connectivity index (χ3n) is 4.63. The van der Waals surface area contributed by atoms with Gasteiger partial charge in [0.2, 0.25) is 5.91 Å². The molecule has 6 nitrogen and oxygen atoms in total. The summed E-state index contributed by atoms with van der Waals surface area (Å²) in [5.74, 6) is -0.443. The van der Waals surface area contributed by atoms with Crippen molar-refractivity contribution >= 4 is 23.2 Å². The number of hydrogen-bond acceptors (Lipinski definition) is 4. The molecule has 1 aliphatic heterocycles. The molecular weight excluding hydrogens is 363 g/mol. The van der Waals surface area contributed by atoms with Crippen LogP contribution in [0.25, 0.3) is 0 Å². The van der Waals surface area contributed by atoms with Gasteiger partial charge in [0.1, 0.15) is 23.9 Å². The first-order chi connectivity index (χ1) is 13.6. The first kappa shape index (κ1) is 17.8. The molecule has 4 rings (SSSR count). The van der Waals surface area contributed by atoms with Crippen molar-refractivity contribution in [3.63, 3.8) is 0 Å². The molecule has 0 unspecified atom stereocenters. The zero-order valence-corrected chi connectivity index (χ0v) is 15.0. The van der Waals surface area contributed by atoms with E-state index < -0.39 is 17.8 Å². The van der Waals surface area contributed by atoms with E-state index in [1.54, 1.807) is 49.6 Å². The van der Waals surface area contributed by atoms with Crippen LogP contribution < -0.4 is 14.5 Å². The molecule has 0 radical (unpaired) electrons. The Hall–Kier alpha value is -3.61. The number of hydrogen-bond donors (Lipinski definition) is 0. The summed E-state index contributed by atoms with van der Waals surface area (Å²) < 4.78 is 24.9. The third kappa shape index (κ3) is 3.00. The van der Waals surface area contributed by atoms with E-state index in [4.69, 9.17) is 9.15 Å². The van der Waals surface area contributed by atoms with Gasteiger partial charge in [0, 0.05) is 5.69 Å². The Bertz CT molecular complexity index is 1000. The van der Waals surface area contributed by atoms with Crippen LogP contribution in [-0.2, 0) is 9.59 Å². The van der Waals surface area contributed by atoms with Crippen molar-refractivity contribution in [1.82, 2.24) is 0 Å². The van der Waals surface area contributed by atoms with Gasteiger partial charge < -0.3 is 9.15 Å². The first-order valence-corrected chi connectivity index (χ1v) is 8.65. The second kappa shape index (κ2) is 7.19. The Labute approximate surface area is 160 Å². The van der Waals surface area contributed by atoms with Crippen molar-refractivity contribution in [3.05, 3.63) is 78.5 Å². The minimum absolute atomic E-state index is 0.0618. The number of furan rings is 1. The highest BCUT2D eigenvalue weighted by Crippen LogP contribution is 2.35. The maximum Gasteiger partial charge on any atom is 0.258 e. The molecule has 0 N–H and O–H groups in total. The Morgan fingerprint density at radius 2 is 1.79 bits per heavy atom. The molecule has 0 aliphatic carbocycles. The van der Waals surface area contributed by atoms with Gasteiger partial charge >= 0.3 is 0 Å². The fraction of sp³-hybridized carbons (Fsp3) is 0.143. The lowest BCUT2D eigenvalue weighted by atomic mass is 10.0. The topological polar surface area (TPSA) is 63.0 Å². The molecule has 3 aromatic rings. The van der Waals surface area contributed by atoms with E-state index in [1.165, 1.54) is 29.4 Å². The lowest BCUT2D eigenvalue weighted by Crippen LogP contribution is -2.56. The Morgan fingerprint density at radius 1 is 1.04 bits per heavy atom.